The third kappa shape index (κ3) is 2.08. The van der Waals surface area contributed by atoms with Crippen molar-refractivity contribution >= 4 is 5.84 Å². The molecule has 0 bridgehead atoms. The van der Waals surface area contributed by atoms with E-state index >= 15 is 0 Å². The first-order chi connectivity index (χ1) is 6.68. The standard InChI is InChI=1S/C11H21N3/c1-9-8-13(2)6-3-7-14(9)11(12)10-4-5-10/h9-10,12H,3-8H2,1-2H3. The number of hydrogen-bond acceptors (Lipinski definition) is 2. The van der Waals surface area contributed by atoms with E-state index in [-0.39, 0.29) is 0 Å². The van der Waals surface area contributed by atoms with Crippen molar-refractivity contribution in [2.75, 3.05) is 26.7 Å². The van der Waals surface area contributed by atoms with Gasteiger partial charge in [-0.15, -0.1) is 0 Å². The topological polar surface area (TPSA) is 30.3 Å². The van der Waals surface area contributed by atoms with Gasteiger partial charge in [0.2, 0.25) is 0 Å². The maximum absolute atomic E-state index is 8.10. The van der Waals surface area contributed by atoms with Crippen LogP contribution in [0, 0.1) is 11.3 Å². The van der Waals surface area contributed by atoms with E-state index in [4.69, 9.17) is 5.41 Å². The molecule has 0 aromatic carbocycles. The minimum absolute atomic E-state index is 0.524. The number of rotatable bonds is 1. The van der Waals surface area contributed by atoms with Gasteiger partial charge in [0.1, 0.15) is 0 Å². The zero-order valence-corrected chi connectivity index (χ0v) is 9.29. The number of likely N-dealkylation sites (N-methyl/N-ethyl adjacent to an activating group) is 1. The highest BCUT2D eigenvalue weighted by Crippen LogP contribution is 2.32. The fourth-order valence-electron chi connectivity index (χ4n) is 2.32. The van der Waals surface area contributed by atoms with Gasteiger partial charge in [-0.05, 0) is 39.8 Å². The molecule has 1 saturated carbocycles. The largest absolute Gasteiger partial charge is 0.356 e. The van der Waals surface area contributed by atoms with Crippen molar-refractivity contribution in [2.45, 2.75) is 32.2 Å². The molecule has 1 saturated heterocycles. The van der Waals surface area contributed by atoms with Crippen molar-refractivity contribution < 1.29 is 0 Å². The van der Waals surface area contributed by atoms with Crippen molar-refractivity contribution in [3.63, 3.8) is 0 Å². The Labute approximate surface area is 86.6 Å². The van der Waals surface area contributed by atoms with E-state index < -0.39 is 0 Å². The van der Waals surface area contributed by atoms with Gasteiger partial charge in [0.05, 0.1) is 5.84 Å². The third-order valence-corrected chi connectivity index (χ3v) is 3.32. The Kier molecular flexibility index (Phi) is 2.77. The molecule has 0 aromatic rings. The summed E-state index contributed by atoms with van der Waals surface area (Å²) in [5.74, 6) is 1.51. The SMILES string of the molecule is CC1CN(C)CCCN1C(=N)C1CC1. The summed E-state index contributed by atoms with van der Waals surface area (Å²) >= 11 is 0. The molecular weight excluding hydrogens is 174 g/mol. The highest BCUT2D eigenvalue weighted by Gasteiger charge is 2.32. The molecule has 1 aliphatic heterocycles. The van der Waals surface area contributed by atoms with Gasteiger partial charge < -0.3 is 9.80 Å². The highest BCUT2D eigenvalue weighted by atomic mass is 15.3. The van der Waals surface area contributed by atoms with Crippen LogP contribution in [0.5, 0.6) is 0 Å². The molecule has 1 aliphatic carbocycles. The average molecular weight is 195 g/mol. The second-order valence-electron chi connectivity index (χ2n) is 4.82. The minimum Gasteiger partial charge on any atom is -0.356 e. The van der Waals surface area contributed by atoms with E-state index in [2.05, 4.69) is 23.8 Å². The second-order valence-corrected chi connectivity index (χ2v) is 4.82. The molecule has 0 radical (unpaired) electrons. The Morgan fingerprint density at radius 3 is 2.64 bits per heavy atom. The van der Waals surface area contributed by atoms with Crippen LogP contribution < -0.4 is 0 Å². The smallest absolute Gasteiger partial charge is 0.0992 e. The van der Waals surface area contributed by atoms with Crippen molar-refractivity contribution in [1.82, 2.24) is 9.80 Å². The van der Waals surface area contributed by atoms with Crippen LogP contribution >= 0.6 is 0 Å². The van der Waals surface area contributed by atoms with Crippen molar-refractivity contribution in [1.29, 1.82) is 5.41 Å². The first kappa shape index (κ1) is 9.97. The number of amidine groups is 1. The van der Waals surface area contributed by atoms with Gasteiger partial charge >= 0.3 is 0 Å². The van der Waals surface area contributed by atoms with E-state index in [9.17, 15) is 0 Å². The lowest BCUT2D eigenvalue weighted by atomic mass is 10.2. The van der Waals surface area contributed by atoms with Crippen LogP contribution in [-0.4, -0.2) is 48.4 Å². The van der Waals surface area contributed by atoms with E-state index in [0.29, 0.717) is 12.0 Å². The summed E-state index contributed by atoms with van der Waals surface area (Å²) in [5.41, 5.74) is 0. The summed E-state index contributed by atoms with van der Waals surface area (Å²) < 4.78 is 0. The van der Waals surface area contributed by atoms with Gasteiger partial charge in [0.15, 0.2) is 0 Å². The normalized spacial score (nSPS) is 30.1. The lowest BCUT2D eigenvalue weighted by molar-refractivity contribution is 0.280. The molecule has 2 rings (SSSR count). The number of nitrogens with zero attached hydrogens (tertiary/aromatic N) is 2. The molecule has 0 spiro atoms. The molecule has 3 nitrogen and oxygen atoms in total. The predicted molar refractivity (Wildman–Crippen MR) is 58.7 cm³/mol. The Hall–Kier alpha value is -0.570. The number of nitrogens with one attached hydrogen (secondary N) is 1. The fraction of sp³-hybridized carbons (Fsp3) is 0.909. The van der Waals surface area contributed by atoms with Gasteiger partial charge in [0, 0.05) is 25.0 Å². The van der Waals surface area contributed by atoms with Crippen LogP contribution in [0.25, 0.3) is 0 Å². The van der Waals surface area contributed by atoms with Gasteiger partial charge in [-0.1, -0.05) is 0 Å². The molecule has 0 amide bonds. The lowest BCUT2D eigenvalue weighted by Crippen LogP contribution is -2.42. The molecule has 1 atom stereocenters. The zero-order valence-electron chi connectivity index (χ0n) is 9.29. The van der Waals surface area contributed by atoms with E-state index in [1.807, 2.05) is 0 Å². The van der Waals surface area contributed by atoms with Gasteiger partial charge in [-0.2, -0.15) is 0 Å². The van der Waals surface area contributed by atoms with Crippen LogP contribution in [0.15, 0.2) is 0 Å². The zero-order chi connectivity index (χ0) is 10.1. The minimum atomic E-state index is 0.524. The van der Waals surface area contributed by atoms with E-state index in [0.717, 1.165) is 18.9 Å². The van der Waals surface area contributed by atoms with Crippen molar-refractivity contribution in [2.24, 2.45) is 5.92 Å². The first-order valence-corrected chi connectivity index (χ1v) is 5.72. The Bertz CT molecular complexity index is 223. The summed E-state index contributed by atoms with van der Waals surface area (Å²) in [5, 5.41) is 8.10. The Morgan fingerprint density at radius 2 is 2.00 bits per heavy atom. The molecule has 2 aliphatic rings. The van der Waals surface area contributed by atoms with Crippen LogP contribution in [-0.2, 0) is 0 Å². The Balaban J connectivity index is 1.98. The molecule has 0 aromatic heterocycles. The fourth-order valence-corrected chi connectivity index (χ4v) is 2.32. The van der Waals surface area contributed by atoms with Crippen molar-refractivity contribution in [3.8, 4) is 0 Å². The second kappa shape index (κ2) is 3.89. The van der Waals surface area contributed by atoms with Gasteiger partial charge in [-0.25, -0.2) is 0 Å². The summed E-state index contributed by atoms with van der Waals surface area (Å²) in [6, 6.07) is 0.524. The molecule has 1 unspecified atom stereocenters. The number of hydrogen-bond donors (Lipinski definition) is 1. The molecule has 2 fully saturated rings. The first-order valence-electron chi connectivity index (χ1n) is 5.72. The molecule has 1 heterocycles. The molecule has 1 N–H and O–H groups in total. The van der Waals surface area contributed by atoms with Crippen LogP contribution in [0.4, 0.5) is 0 Å². The average Bonchev–Trinajstić information content (AvgIpc) is 2.92. The summed E-state index contributed by atoms with van der Waals surface area (Å²) in [6.07, 6.45) is 3.70. The van der Waals surface area contributed by atoms with E-state index in [1.165, 1.54) is 25.8 Å². The summed E-state index contributed by atoms with van der Waals surface area (Å²) in [6.45, 7) is 5.62. The van der Waals surface area contributed by atoms with E-state index in [1.54, 1.807) is 0 Å². The van der Waals surface area contributed by atoms with Crippen LogP contribution in [0.1, 0.15) is 26.2 Å². The molecular formula is C11H21N3. The molecule has 80 valence electrons. The maximum atomic E-state index is 8.10. The summed E-state index contributed by atoms with van der Waals surface area (Å²) in [7, 11) is 2.18. The summed E-state index contributed by atoms with van der Waals surface area (Å²) in [4.78, 5) is 4.70. The predicted octanol–water partition coefficient (Wildman–Crippen LogP) is 1.40. The lowest BCUT2D eigenvalue weighted by Gasteiger charge is -2.30. The van der Waals surface area contributed by atoms with Gasteiger partial charge in [0.25, 0.3) is 0 Å². The van der Waals surface area contributed by atoms with Crippen LogP contribution in [0.3, 0.4) is 0 Å². The van der Waals surface area contributed by atoms with Crippen LogP contribution in [0.2, 0.25) is 0 Å². The molecule has 3 heteroatoms. The van der Waals surface area contributed by atoms with Crippen molar-refractivity contribution in [3.05, 3.63) is 0 Å². The highest BCUT2D eigenvalue weighted by molar-refractivity contribution is 5.84. The third-order valence-electron chi connectivity index (χ3n) is 3.32. The van der Waals surface area contributed by atoms with Gasteiger partial charge in [-0.3, -0.25) is 5.41 Å². The monoisotopic (exact) mass is 195 g/mol. The molecule has 14 heavy (non-hydrogen) atoms. The maximum Gasteiger partial charge on any atom is 0.0992 e. The quantitative estimate of drug-likeness (QED) is 0.506. The Morgan fingerprint density at radius 1 is 1.29 bits per heavy atom.